The van der Waals surface area contributed by atoms with Crippen molar-refractivity contribution in [3.8, 4) is 5.75 Å². The summed E-state index contributed by atoms with van der Waals surface area (Å²) in [5.41, 5.74) is 0.283. The minimum absolute atomic E-state index is 0.0113. The van der Waals surface area contributed by atoms with Crippen molar-refractivity contribution < 1.29 is 27.1 Å². The van der Waals surface area contributed by atoms with E-state index in [9.17, 15) is 22.4 Å². The smallest absolute Gasteiger partial charge is 0.264 e. The first-order chi connectivity index (χ1) is 18.3. The lowest BCUT2D eigenvalue weighted by atomic mass is 10.1. The summed E-state index contributed by atoms with van der Waals surface area (Å²) < 4.78 is 47.2. The molecule has 0 aromatic heterocycles. The molecular weight excluding hydrogens is 521 g/mol. The molecule has 0 aliphatic carbocycles. The fraction of sp³-hybridized carbons (Fsp3) is 0.310. The summed E-state index contributed by atoms with van der Waals surface area (Å²) in [6.07, 6.45) is 0. The van der Waals surface area contributed by atoms with Crippen molar-refractivity contribution in [1.29, 1.82) is 0 Å². The standard InChI is InChI=1S/C29H34FN3O5S/c1-21(28(35)31-29(2,3)4)32(19-22-11-13-23(30)14-12-22)27(34)20-33(24-15-17-25(38-5)18-16-24)39(36,37)26-9-7-6-8-10-26/h6-18,21H,19-20H2,1-5H3,(H,31,35)/t21-/m0/s1. The second kappa shape index (κ2) is 12.3. The van der Waals surface area contributed by atoms with E-state index in [1.807, 2.05) is 20.8 Å². The molecule has 0 fully saturated rings. The molecule has 2 amide bonds. The number of methoxy groups -OCH3 is 1. The van der Waals surface area contributed by atoms with Crippen LogP contribution in [0.2, 0.25) is 0 Å². The van der Waals surface area contributed by atoms with Crippen LogP contribution in [0, 0.1) is 5.82 Å². The highest BCUT2D eigenvalue weighted by Gasteiger charge is 2.33. The van der Waals surface area contributed by atoms with Gasteiger partial charge in [-0.2, -0.15) is 0 Å². The lowest BCUT2D eigenvalue weighted by molar-refractivity contribution is -0.140. The van der Waals surface area contributed by atoms with Crippen LogP contribution in [-0.2, 0) is 26.2 Å². The van der Waals surface area contributed by atoms with E-state index in [1.165, 1.54) is 48.4 Å². The van der Waals surface area contributed by atoms with E-state index < -0.39 is 45.8 Å². The van der Waals surface area contributed by atoms with Crippen LogP contribution in [0.3, 0.4) is 0 Å². The van der Waals surface area contributed by atoms with Gasteiger partial charge < -0.3 is 15.0 Å². The maximum Gasteiger partial charge on any atom is 0.264 e. The number of hydrogen-bond donors (Lipinski definition) is 1. The van der Waals surface area contributed by atoms with Crippen LogP contribution in [0.1, 0.15) is 33.3 Å². The quantitative estimate of drug-likeness (QED) is 0.401. The van der Waals surface area contributed by atoms with Gasteiger partial charge in [-0.3, -0.25) is 13.9 Å². The Bertz CT molecular complexity index is 1370. The molecule has 3 aromatic carbocycles. The lowest BCUT2D eigenvalue weighted by Gasteiger charge is -2.33. The molecule has 0 heterocycles. The normalized spacial score (nSPS) is 12.4. The first kappa shape index (κ1) is 29.6. The molecule has 0 radical (unpaired) electrons. The number of nitrogens with one attached hydrogen (secondary N) is 1. The highest BCUT2D eigenvalue weighted by Crippen LogP contribution is 2.26. The molecule has 0 saturated heterocycles. The van der Waals surface area contributed by atoms with Crippen LogP contribution < -0.4 is 14.4 Å². The third-order valence-electron chi connectivity index (χ3n) is 5.90. The van der Waals surface area contributed by atoms with Gasteiger partial charge in [-0.25, -0.2) is 12.8 Å². The van der Waals surface area contributed by atoms with E-state index in [1.54, 1.807) is 49.4 Å². The van der Waals surface area contributed by atoms with Crippen molar-refractivity contribution in [2.45, 2.75) is 50.7 Å². The molecule has 1 atom stereocenters. The van der Waals surface area contributed by atoms with Gasteiger partial charge in [0.15, 0.2) is 0 Å². The summed E-state index contributed by atoms with van der Waals surface area (Å²) >= 11 is 0. The van der Waals surface area contributed by atoms with Crippen molar-refractivity contribution in [1.82, 2.24) is 10.2 Å². The third kappa shape index (κ3) is 7.79. The Morgan fingerprint density at radius 1 is 0.949 bits per heavy atom. The van der Waals surface area contributed by atoms with Crippen LogP contribution in [0.25, 0.3) is 0 Å². The van der Waals surface area contributed by atoms with E-state index >= 15 is 0 Å². The number of hydrogen-bond acceptors (Lipinski definition) is 5. The van der Waals surface area contributed by atoms with Crippen LogP contribution in [-0.4, -0.2) is 50.4 Å². The third-order valence-corrected chi connectivity index (χ3v) is 7.69. The number of sulfonamides is 1. The van der Waals surface area contributed by atoms with Crippen LogP contribution in [0.15, 0.2) is 83.8 Å². The SMILES string of the molecule is COc1ccc(N(CC(=O)N(Cc2ccc(F)cc2)[C@@H](C)C(=O)NC(C)(C)C)S(=O)(=O)c2ccccc2)cc1. The number of ether oxygens (including phenoxy) is 1. The van der Waals surface area contributed by atoms with E-state index in [2.05, 4.69) is 5.32 Å². The molecule has 8 nitrogen and oxygen atoms in total. The van der Waals surface area contributed by atoms with Crippen LogP contribution in [0.4, 0.5) is 10.1 Å². The zero-order valence-corrected chi connectivity index (χ0v) is 23.5. The van der Waals surface area contributed by atoms with Crippen LogP contribution >= 0.6 is 0 Å². The summed E-state index contributed by atoms with van der Waals surface area (Å²) in [7, 11) is -2.67. The Balaban J connectivity index is 2.02. The Morgan fingerprint density at radius 2 is 1.54 bits per heavy atom. The van der Waals surface area contributed by atoms with E-state index in [-0.39, 0.29) is 17.1 Å². The Hall–Kier alpha value is -3.92. The number of nitrogens with zero attached hydrogens (tertiary/aromatic N) is 2. The zero-order chi connectivity index (χ0) is 28.8. The average molecular weight is 556 g/mol. The Morgan fingerprint density at radius 3 is 2.08 bits per heavy atom. The van der Waals surface area contributed by atoms with Gasteiger partial charge in [0.05, 0.1) is 17.7 Å². The van der Waals surface area contributed by atoms with Gasteiger partial charge in [-0.1, -0.05) is 30.3 Å². The van der Waals surface area contributed by atoms with Gasteiger partial charge in [0.1, 0.15) is 24.2 Å². The first-order valence-corrected chi connectivity index (χ1v) is 13.8. The summed E-state index contributed by atoms with van der Waals surface area (Å²) in [5.74, 6) is -0.923. The average Bonchev–Trinajstić information content (AvgIpc) is 2.90. The molecule has 1 N–H and O–H groups in total. The molecule has 0 aliphatic heterocycles. The lowest BCUT2D eigenvalue weighted by Crippen LogP contribution is -2.54. The molecule has 0 aliphatic rings. The summed E-state index contributed by atoms with van der Waals surface area (Å²) in [6, 6.07) is 18.7. The van der Waals surface area contributed by atoms with Gasteiger partial charge in [0.25, 0.3) is 10.0 Å². The minimum atomic E-state index is -4.16. The van der Waals surface area contributed by atoms with Crippen molar-refractivity contribution in [3.63, 3.8) is 0 Å². The predicted molar refractivity (Wildman–Crippen MR) is 148 cm³/mol. The van der Waals surface area contributed by atoms with E-state index in [4.69, 9.17) is 4.74 Å². The molecular formula is C29H34FN3O5S. The molecule has 208 valence electrons. The maximum atomic E-state index is 13.9. The molecule has 39 heavy (non-hydrogen) atoms. The molecule has 3 aromatic rings. The van der Waals surface area contributed by atoms with Crippen molar-refractivity contribution in [3.05, 3.63) is 90.2 Å². The highest BCUT2D eigenvalue weighted by atomic mass is 32.2. The summed E-state index contributed by atoms with van der Waals surface area (Å²) in [6.45, 7) is 6.44. The Kier molecular flexibility index (Phi) is 9.34. The summed E-state index contributed by atoms with van der Waals surface area (Å²) in [4.78, 5) is 28.2. The monoisotopic (exact) mass is 555 g/mol. The van der Waals surface area contributed by atoms with Gasteiger partial charge in [-0.05, 0) is 81.8 Å². The van der Waals surface area contributed by atoms with Gasteiger partial charge in [0.2, 0.25) is 11.8 Å². The predicted octanol–water partition coefficient (Wildman–Crippen LogP) is 4.36. The molecule has 10 heteroatoms. The summed E-state index contributed by atoms with van der Waals surface area (Å²) in [5, 5.41) is 2.86. The van der Waals surface area contributed by atoms with E-state index in [0.29, 0.717) is 11.3 Å². The van der Waals surface area contributed by atoms with Crippen molar-refractivity contribution >= 4 is 27.5 Å². The topological polar surface area (TPSA) is 96.0 Å². The zero-order valence-electron chi connectivity index (χ0n) is 22.7. The number of halogens is 1. The molecule has 0 saturated carbocycles. The Labute approximate surface area is 229 Å². The fourth-order valence-corrected chi connectivity index (χ4v) is 5.28. The van der Waals surface area contributed by atoms with Crippen LogP contribution in [0.5, 0.6) is 5.75 Å². The molecule has 3 rings (SSSR count). The molecule has 0 unspecified atom stereocenters. The number of amides is 2. The molecule has 0 spiro atoms. The van der Waals surface area contributed by atoms with Gasteiger partial charge >= 0.3 is 0 Å². The van der Waals surface area contributed by atoms with Crippen molar-refractivity contribution in [2.75, 3.05) is 18.0 Å². The minimum Gasteiger partial charge on any atom is -0.497 e. The van der Waals surface area contributed by atoms with Gasteiger partial charge in [-0.15, -0.1) is 0 Å². The fourth-order valence-electron chi connectivity index (χ4n) is 3.84. The number of benzene rings is 3. The van der Waals surface area contributed by atoms with Gasteiger partial charge in [0, 0.05) is 12.1 Å². The second-order valence-corrected chi connectivity index (χ2v) is 11.9. The second-order valence-electron chi connectivity index (χ2n) is 10.1. The number of carbonyl (C=O) groups is 2. The number of anilines is 1. The largest absolute Gasteiger partial charge is 0.497 e. The highest BCUT2D eigenvalue weighted by molar-refractivity contribution is 7.92. The maximum absolute atomic E-state index is 13.9. The molecule has 0 bridgehead atoms. The van der Waals surface area contributed by atoms with Crippen molar-refractivity contribution in [2.24, 2.45) is 0 Å². The number of carbonyl (C=O) groups excluding carboxylic acids is 2. The first-order valence-electron chi connectivity index (χ1n) is 12.4. The van der Waals surface area contributed by atoms with E-state index in [0.717, 1.165) is 4.31 Å². The number of rotatable bonds is 10.